The molecule has 0 bridgehead atoms. The molecule has 2 aromatic rings. The number of hydrogen-bond acceptors (Lipinski definition) is 2. The Labute approximate surface area is 119 Å². The second-order valence-corrected chi connectivity index (χ2v) is 5.95. The second-order valence-electron chi connectivity index (χ2n) is 5.95. The predicted octanol–water partition coefficient (Wildman–Crippen LogP) is 3.47. The van der Waals surface area contributed by atoms with Gasteiger partial charge >= 0.3 is 6.09 Å². The van der Waals surface area contributed by atoms with E-state index in [4.69, 9.17) is 4.74 Å². The van der Waals surface area contributed by atoms with Gasteiger partial charge in [-0.15, -0.1) is 0 Å². The summed E-state index contributed by atoms with van der Waals surface area (Å²) in [6.07, 6.45) is 1.68. The molecular formula is C16H22N2O2. The van der Waals surface area contributed by atoms with Crippen LogP contribution in [0.5, 0.6) is 0 Å². The SMILES string of the molecule is Cc1cccc2c1ccn2CCNC(=O)OC(C)(C)C. The minimum atomic E-state index is -0.457. The van der Waals surface area contributed by atoms with Crippen LogP contribution in [0.3, 0.4) is 0 Å². The largest absolute Gasteiger partial charge is 0.444 e. The van der Waals surface area contributed by atoms with Crippen molar-refractivity contribution in [2.45, 2.75) is 39.8 Å². The topological polar surface area (TPSA) is 43.3 Å². The van der Waals surface area contributed by atoms with Gasteiger partial charge in [0.25, 0.3) is 0 Å². The van der Waals surface area contributed by atoms with Crippen LogP contribution in [0.4, 0.5) is 4.79 Å². The van der Waals surface area contributed by atoms with E-state index in [-0.39, 0.29) is 6.09 Å². The molecule has 20 heavy (non-hydrogen) atoms. The number of hydrogen-bond donors (Lipinski definition) is 1. The van der Waals surface area contributed by atoms with Crippen molar-refractivity contribution in [2.75, 3.05) is 6.54 Å². The summed E-state index contributed by atoms with van der Waals surface area (Å²) < 4.78 is 7.34. The third-order valence-corrected chi connectivity index (χ3v) is 3.05. The summed E-state index contributed by atoms with van der Waals surface area (Å²) in [7, 11) is 0. The van der Waals surface area contributed by atoms with Crippen molar-refractivity contribution in [2.24, 2.45) is 0 Å². The Balaban J connectivity index is 1.94. The number of carbonyl (C=O) groups is 1. The predicted molar refractivity (Wildman–Crippen MR) is 80.9 cm³/mol. The summed E-state index contributed by atoms with van der Waals surface area (Å²) in [5.74, 6) is 0. The van der Waals surface area contributed by atoms with Crippen LogP contribution in [-0.4, -0.2) is 22.8 Å². The van der Waals surface area contributed by atoms with E-state index in [1.165, 1.54) is 16.5 Å². The maximum atomic E-state index is 11.6. The van der Waals surface area contributed by atoms with E-state index in [9.17, 15) is 4.79 Å². The Morgan fingerprint density at radius 3 is 2.75 bits per heavy atom. The van der Waals surface area contributed by atoms with E-state index in [2.05, 4.69) is 47.3 Å². The zero-order valence-electron chi connectivity index (χ0n) is 12.6. The minimum absolute atomic E-state index is 0.370. The van der Waals surface area contributed by atoms with Gasteiger partial charge in [0.15, 0.2) is 0 Å². The number of alkyl carbamates (subject to hydrolysis) is 1. The average Bonchev–Trinajstić information content (AvgIpc) is 2.72. The van der Waals surface area contributed by atoms with Gasteiger partial charge in [0.1, 0.15) is 5.60 Å². The van der Waals surface area contributed by atoms with Gasteiger partial charge in [0.05, 0.1) is 0 Å². The molecule has 1 aromatic heterocycles. The molecule has 0 saturated carbocycles. The van der Waals surface area contributed by atoms with Crippen LogP contribution in [-0.2, 0) is 11.3 Å². The molecule has 0 aliphatic carbocycles. The Hall–Kier alpha value is -1.97. The lowest BCUT2D eigenvalue weighted by atomic mass is 10.1. The first-order valence-electron chi connectivity index (χ1n) is 6.88. The van der Waals surface area contributed by atoms with Crippen LogP contribution in [0.1, 0.15) is 26.3 Å². The molecule has 0 aliphatic rings. The Morgan fingerprint density at radius 1 is 1.30 bits per heavy atom. The van der Waals surface area contributed by atoms with E-state index >= 15 is 0 Å². The molecule has 1 aromatic carbocycles. The molecule has 0 radical (unpaired) electrons. The van der Waals surface area contributed by atoms with Crippen molar-refractivity contribution in [3.05, 3.63) is 36.0 Å². The lowest BCUT2D eigenvalue weighted by Crippen LogP contribution is -2.34. The van der Waals surface area contributed by atoms with Gasteiger partial charge in [-0.2, -0.15) is 0 Å². The summed E-state index contributed by atoms with van der Waals surface area (Å²) in [4.78, 5) is 11.6. The number of rotatable bonds is 3. The molecule has 1 amide bonds. The first-order valence-corrected chi connectivity index (χ1v) is 6.88. The molecule has 4 heteroatoms. The van der Waals surface area contributed by atoms with Crippen molar-refractivity contribution in [3.63, 3.8) is 0 Å². The number of amides is 1. The van der Waals surface area contributed by atoms with Gasteiger partial charge in [-0.1, -0.05) is 12.1 Å². The first-order chi connectivity index (χ1) is 9.37. The van der Waals surface area contributed by atoms with Crippen molar-refractivity contribution in [1.82, 2.24) is 9.88 Å². The first kappa shape index (κ1) is 14.4. The van der Waals surface area contributed by atoms with Gasteiger partial charge in [-0.3, -0.25) is 0 Å². The number of fused-ring (bicyclic) bond motifs is 1. The van der Waals surface area contributed by atoms with E-state index in [0.717, 1.165) is 6.54 Å². The fraction of sp³-hybridized carbons (Fsp3) is 0.438. The molecule has 108 valence electrons. The molecule has 2 rings (SSSR count). The van der Waals surface area contributed by atoms with E-state index < -0.39 is 5.60 Å². The summed E-state index contributed by atoms with van der Waals surface area (Å²) >= 11 is 0. The maximum Gasteiger partial charge on any atom is 0.407 e. The van der Waals surface area contributed by atoms with Crippen LogP contribution in [0.25, 0.3) is 10.9 Å². The maximum absolute atomic E-state index is 11.6. The van der Waals surface area contributed by atoms with Crippen molar-refractivity contribution in [3.8, 4) is 0 Å². The Morgan fingerprint density at radius 2 is 2.05 bits per heavy atom. The van der Waals surface area contributed by atoms with Crippen LogP contribution in [0.15, 0.2) is 30.5 Å². The number of nitrogens with zero attached hydrogens (tertiary/aromatic N) is 1. The third kappa shape index (κ3) is 3.53. The number of aromatic nitrogens is 1. The average molecular weight is 274 g/mol. The molecule has 1 heterocycles. The minimum Gasteiger partial charge on any atom is -0.444 e. The summed E-state index contributed by atoms with van der Waals surface area (Å²) in [5, 5.41) is 4.03. The molecule has 0 saturated heterocycles. The van der Waals surface area contributed by atoms with Gasteiger partial charge in [-0.25, -0.2) is 4.79 Å². The lowest BCUT2D eigenvalue weighted by Gasteiger charge is -2.19. The normalized spacial score (nSPS) is 11.6. The van der Waals surface area contributed by atoms with Crippen LogP contribution in [0.2, 0.25) is 0 Å². The molecule has 0 unspecified atom stereocenters. The molecule has 0 fully saturated rings. The molecule has 0 atom stereocenters. The van der Waals surface area contributed by atoms with Crippen molar-refractivity contribution < 1.29 is 9.53 Å². The zero-order valence-corrected chi connectivity index (χ0v) is 12.6. The number of ether oxygens (including phenoxy) is 1. The zero-order chi connectivity index (χ0) is 14.8. The molecule has 1 N–H and O–H groups in total. The van der Waals surface area contributed by atoms with Gasteiger partial charge in [0, 0.05) is 30.2 Å². The number of aryl methyl sites for hydroxylation is 1. The Kier molecular flexibility index (Phi) is 4.02. The fourth-order valence-corrected chi connectivity index (χ4v) is 2.16. The number of nitrogens with one attached hydrogen (secondary N) is 1. The quantitative estimate of drug-likeness (QED) is 0.931. The second kappa shape index (κ2) is 5.57. The smallest absolute Gasteiger partial charge is 0.407 e. The lowest BCUT2D eigenvalue weighted by molar-refractivity contribution is 0.0526. The van der Waals surface area contributed by atoms with Crippen LogP contribution in [0, 0.1) is 6.92 Å². The highest BCUT2D eigenvalue weighted by Gasteiger charge is 2.15. The number of carbonyl (C=O) groups excluding carboxylic acids is 1. The highest BCUT2D eigenvalue weighted by molar-refractivity contribution is 5.83. The van der Waals surface area contributed by atoms with Gasteiger partial charge in [0.2, 0.25) is 0 Å². The molecule has 0 spiro atoms. The van der Waals surface area contributed by atoms with Crippen molar-refractivity contribution in [1.29, 1.82) is 0 Å². The Bertz CT molecular complexity index is 608. The summed E-state index contributed by atoms with van der Waals surface area (Å²) in [6.45, 7) is 8.95. The highest BCUT2D eigenvalue weighted by Crippen LogP contribution is 2.19. The van der Waals surface area contributed by atoms with Crippen LogP contribution >= 0.6 is 0 Å². The highest BCUT2D eigenvalue weighted by atomic mass is 16.6. The van der Waals surface area contributed by atoms with Crippen LogP contribution < -0.4 is 5.32 Å². The van der Waals surface area contributed by atoms with E-state index in [0.29, 0.717) is 6.54 Å². The monoisotopic (exact) mass is 274 g/mol. The van der Waals surface area contributed by atoms with Gasteiger partial charge < -0.3 is 14.6 Å². The van der Waals surface area contributed by atoms with E-state index in [1.54, 1.807) is 0 Å². The molecular weight excluding hydrogens is 252 g/mol. The van der Waals surface area contributed by atoms with Crippen molar-refractivity contribution >= 4 is 17.0 Å². The molecule has 0 aliphatic heterocycles. The van der Waals surface area contributed by atoms with Gasteiger partial charge in [-0.05, 0) is 45.4 Å². The summed E-state index contributed by atoms with van der Waals surface area (Å²) in [6, 6.07) is 8.36. The third-order valence-electron chi connectivity index (χ3n) is 3.05. The fourth-order valence-electron chi connectivity index (χ4n) is 2.16. The van der Waals surface area contributed by atoms with E-state index in [1.807, 2.05) is 20.8 Å². The number of benzene rings is 1. The molecule has 4 nitrogen and oxygen atoms in total. The summed E-state index contributed by atoms with van der Waals surface area (Å²) in [5.41, 5.74) is 2.00. The standard InChI is InChI=1S/C16H22N2O2/c1-12-6-5-7-14-13(12)8-10-18(14)11-9-17-15(19)20-16(2,3)4/h5-8,10H,9,11H2,1-4H3,(H,17,19).